The molecular weight excluding hydrogens is 302 g/mol. The molecule has 2 aromatic heterocycles. The molecule has 0 amide bonds. The van der Waals surface area contributed by atoms with Crippen LogP contribution in [0, 0.1) is 0 Å². The third-order valence-electron chi connectivity index (χ3n) is 4.16. The van der Waals surface area contributed by atoms with Crippen molar-refractivity contribution >= 4 is 34.2 Å². The number of fused-ring (bicyclic) bond motifs is 1. The van der Waals surface area contributed by atoms with Crippen LogP contribution in [0.5, 0.6) is 0 Å². The Hall–Kier alpha value is -1.53. The lowest BCUT2D eigenvalue weighted by atomic mass is 10.1. The van der Waals surface area contributed by atoms with Crippen LogP contribution in [0.2, 0.25) is 0 Å². The van der Waals surface area contributed by atoms with Crippen LogP contribution in [-0.2, 0) is 17.7 Å². The lowest BCUT2D eigenvalue weighted by Crippen LogP contribution is -2.28. The van der Waals surface area contributed by atoms with Gasteiger partial charge in [0, 0.05) is 37.6 Å². The van der Waals surface area contributed by atoms with Gasteiger partial charge in [-0.1, -0.05) is 6.92 Å². The van der Waals surface area contributed by atoms with Crippen molar-refractivity contribution in [2.24, 2.45) is 0 Å². The maximum atomic E-state index is 5.99. The standard InChI is InChI=1S/C15H22ClN5O/c1-3-12-14(20-16)13(18-10-5-7-22-8-6-10)11-9-17-21(4-2)15(11)19-12/h9-10,20H,3-8H2,1-2H3,(H,18,19). The number of rotatable bonds is 5. The molecule has 0 atom stereocenters. The normalized spacial score (nSPS) is 16.1. The molecule has 1 aliphatic rings. The average molecular weight is 324 g/mol. The number of anilines is 2. The second-order valence-corrected chi connectivity index (χ2v) is 5.67. The molecule has 7 heteroatoms. The minimum Gasteiger partial charge on any atom is -0.381 e. The summed E-state index contributed by atoms with van der Waals surface area (Å²) in [6.45, 7) is 6.54. The lowest BCUT2D eigenvalue weighted by Gasteiger charge is -2.26. The smallest absolute Gasteiger partial charge is 0.160 e. The predicted molar refractivity (Wildman–Crippen MR) is 89.5 cm³/mol. The van der Waals surface area contributed by atoms with E-state index in [4.69, 9.17) is 21.5 Å². The summed E-state index contributed by atoms with van der Waals surface area (Å²) in [7, 11) is 0. The summed E-state index contributed by atoms with van der Waals surface area (Å²) in [5, 5.41) is 9.08. The van der Waals surface area contributed by atoms with Crippen molar-refractivity contribution in [2.45, 2.75) is 45.7 Å². The van der Waals surface area contributed by atoms with Crippen molar-refractivity contribution in [1.82, 2.24) is 14.8 Å². The zero-order valence-corrected chi connectivity index (χ0v) is 13.8. The lowest BCUT2D eigenvalue weighted by molar-refractivity contribution is 0.0905. The first-order chi connectivity index (χ1) is 10.8. The molecule has 120 valence electrons. The minimum atomic E-state index is 0.387. The van der Waals surface area contributed by atoms with Crippen LogP contribution >= 0.6 is 11.8 Å². The van der Waals surface area contributed by atoms with Gasteiger partial charge in [0.1, 0.15) is 0 Å². The molecule has 6 nitrogen and oxygen atoms in total. The van der Waals surface area contributed by atoms with E-state index in [1.54, 1.807) is 0 Å². The Morgan fingerprint density at radius 3 is 2.73 bits per heavy atom. The van der Waals surface area contributed by atoms with Crippen molar-refractivity contribution in [3.05, 3.63) is 11.9 Å². The molecule has 22 heavy (non-hydrogen) atoms. The number of aryl methyl sites for hydroxylation is 2. The van der Waals surface area contributed by atoms with Gasteiger partial charge < -0.3 is 10.1 Å². The fraction of sp³-hybridized carbons (Fsp3) is 0.600. The van der Waals surface area contributed by atoms with Crippen LogP contribution in [0.1, 0.15) is 32.4 Å². The van der Waals surface area contributed by atoms with E-state index in [1.165, 1.54) is 0 Å². The summed E-state index contributed by atoms with van der Waals surface area (Å²) in [6, 6.07) is 0.387. The summed E-state index contributed by atoms with van der Waals surface area (Å²) < 4.78 is 7.36. The van der Waals surface area contributed by atoms with Gasteiger partial charge in [-0.05, 0) is 26.2 Å². The zero-order chi connectivity index (χ0) is 15.5. The van der Waals surface area contributed by atoms with Gasteiger partial charge in [-0.2, -0.15) is 5.10 Å². The first-order valence-electron chi connectivity index (χ1n) is 7.87. The van der Waals surface area contributed by atoms with E-state index in [2.05, 4.69) is 29.1 Å². The summed E-state index contributed by atoms with van der Waals surface area (Å²) >= 11 is 5.99. The Labute approximate surface area is 135 Å². The summed E-state index contributed by atoms with van der Waals surface area (Å²) in [5.74, 6) is 0. The molecule has 0 unspecified atom stereocenters. The number of halogens is 1. The molecule has 1 aliphatic heterocycles. The number of nitrogens with zero attached hydrogens (tertiary/aromatic N) is 3. The number of ether oxygens (including phenoxy) is 1. The van der Waals surface area contributed by atoms with Crippen molar-refractivity contribution in [2.75, 3.05) is 23.4 Å². The number of hydrogen-bond acceptors (Lipinski definition) is 5. The number of hydrogen-bond donors (Lipinski definition) is 2. The van der Waals surface area contributed by atoms with Gasteiger partial charge in [-0.15, -0.1) is 0 Å². The highest BCUT2D eigenvalue weighted by molar-refractivity contribution is 6.25. The first kappa shape index (κ1) is 15.4. The number of pyridine rings is 1. The predicted octanol–water partition coefficient (Wildman–Crippen LogP) is 3.17. The highest BCUT2D eigenvalue weighted by atomic mass is 35.5. The van der Waals surface area contributed by atoms with E-state index in [1.807, 2.05) is 10.9 Å². The van der Waals surface area contributed by atoms with E-state index in [0.717, 1.165) is 67.1 Å². The molecule has 0 aromatic carbocycles. The van der Waals surface area contributed by atoms with E-state index < -0.39 is 0 Å². The molecular formula is C15H22ClN5O. The fourth-order valence-corrected chi connectivity index (χ4v) is 3.12. The van der Waals surface area contributed by atoms with Crippen LogP contribution in [0.25, 0.3) is 11.0 Å². The molecule has 2 aromatic rings. The van der Waals surface area contributed by atoms with Crippen LogP contribution in [0.15, 0.2) is 6.20 Å². The van der Waals surface area contributed by atoms with Crippen LogP contribution in [0.4, 0.5) is 11.4 Å². The molecule has 1 saturated heterocycles. The number of nitrogens with one attached hydrogen (secondary N) is 2. The molecule has 0 spiro atoms. The molecule has 1 fully saturated rings. The molecule has 0 bridgehead atoms. The van der Waals surface area contributed by atoms with Crippen molar-refractivity contribution in [1.29, 1.82) is 0 Å². The monoisotopic (exact) mass is 323 g/mol. The summed E-state index contributed by atoms with van der Waals surface area (Å²) in [5.41, 5.74) is 3.72. The molecule has 0 saturated carbocycles. The van der Waals surface area contributed by atoms with Gasteiger partial charge in [-0.3, -0.25) is 4.84 Å². The van der Waals surface area contributed by atoms with E-state index in [0.29, 0.717) is 6.04 Å². The van der Waals surface area contributed by atoms with Crippen LogP contribution in [-0.4, -0.2) is 34.0 Å². The van der Waals surface area contributed by atoms with Crippen LogP contribution < -0.4 is 10.2 Å². The van der Waals surface area contributed by atoms with Crippen LogP contribution in [0.3, 0.4) is 0 Å². The summed E-state index contributed by atoms with van der Waals surface area (Å²) in [6.07, 6.45) is 4.66. The topological polar surface area (TPSA) is 64.0 Å². The average Bonchev–Trinajstić information content (AvgIpc) is 2.98. The Balaban J connectivity index is 2.09. The molecule has 3 rings (SSSR count). The minimum absolute atomic E-state index is 0.387. The van der Waals surface area contributed by atoms with Gasteiger partial charge >= 0.3 is 0 Å². The Morgan fingerprint density at radius 2 is 2.09 bits per heavy atom. The highest BCUT2D eigenvalue weighted by Gasteiger charge is 2.21. The maximum absolute atomic E-state index is 5.99. The Kier molecular flexibility index (Phi) is 4.69. The van der Waals surface area contributed by atoms with Crippen molar-refractivity contribution in [3.63, 3.8) is 0 Å². The SMILES string of the molecule is CCc1nc2c(cnn2CC)c(NC2CCOCC2)c1NCl. The Bertz CT molecular complexity index is 651. The van der Waals surface area contributed by atoms with Gasteiger partial charge in [0.15, 0.2) is 5.65 Å². The molecule has 3 heterocycles. The van der Waals surface area contributed by atoms with E-state index in [-0.39, 0.29) is 0 Å². The third kappa shape index (κ3) is 2.73. The molecule has 0 radical (unpaired) electrons. The van der Waals surface area contributed by atoms with E-state index in [9.17, 15) is 0 Å². The summed E-state index contributed by atoms with van der Waals surface area (Å²) in [4.78, 5) is 7.54. The van der Waals surface area contributed by atoms with Crippen molar-refractivity contribution < 1.29 is 4.74 Å². The third-order valence-corrected chi connectivity index (χ3v) is 4.35. The first-order valence-corrected chi connectivity index (χ1v) is 8.25. The van der Waals surface area contributed by atoms with Gasteiger partial charge in [-0.25, -0.2) is 9.67 Å². The fourth-order valence-electron chi connectivity index (χ4n) is 2.92. The molecule has 2 N–H and O–H groups in total. The Morgan fingerprint density at radius 1 is 1.32 bits per heavy atom. The van der Waals surface area contributed by atoms with E-state index >= 15 is 0 Å². The quantitative estimate of drug-likeness (QED) is 0.827. The van der Waals surface area contributed by atoms with Gasteiger partial charge in [0.2, 0.25) is 0 Å². The molecule has 0 aliphatic carbocycles. The number of aromatic nitrogens is 3. The van der Waals surface area contributed by atoms with Crippen molar-refractivity contribution in [3.8, 4) is 0 Å². The van der Waals surface area contributed by atoms with Gasteiger partial charge in [0.25, 0.3) is 0 Å². The zero-order valence-electron chi connectivity index (χ0n) is 13.0. The second kappa shape index (κ2) is 6.71. The second-order valence-electron chi connectivity index (χ2n) is 5.49. The maximum Gasteiger partial charge on any atom is 0.160 e. The largest absolute Gasteiger partial charge is 0.381 e. The highest BCUT2D eigenvalue weighted by Crippen LogP contribution is 2.35. The van der Waals surface area contributed by atoms with Gasteiger partial charge in [0.05, 0.1) is 28.7 Å².